The molecule has 0 aliphatic carbocycles. The number of hydrogen-bond donors (Lipinski definition) is 2. The Morgan fingerprint density at radius 3 is 2.67 bits per heavy atom. The van der Waals surface area contributed by atoms with E-state index >= 15 is 0 Å². The Bertz CT molecular complexity index is 842. The van der Waals surface area contributed by atoms with Gasteiger partial charge in [-0.2, -0.15) is 5.10 Å². The fourth-order valence-corrected chi connectivity index (χ4v) is 2.17. The molecule has 0 saturated heterocycles. The zero-order chi connectivity index (χ0) is 16.9. The van der Waals surface area contributed by atoms with Crippen molar-refractivity contribution in [2.75, 3.05) is 7.11 Å². The first-order chi connectivity index (χ1) is 11.7. The van der Waals surface area contributed by atoms with E-state index in [9.17, 15) is 4.79 Å². The van der Waals surface area contributed by atoms with Crippen LogP contribution in [-0.2, 0) is 6.54 Å². The quantitative estimate of drug-likeness (QED) is 0.750. The summed E-state index contributed by atoms with van der Waals surface area (Å²) in [6.45, 7) is 2.09. The van der Waals surface area contributed by atoms with Crippen molar-refractivity contribution in [1.82, 2.24) is 25.5 Å². The molecule has 0 aliphatic heterocycles. The van der Waals surface area contributed by atoms with Gasteiger partial charge in [-0.3, -0.25) is 9.89 Å². The van der Waals surface area contributed by atoms with E-state index in [0.717, 1.165) is 17.0 Å². The molecular weight excluding hydrogens is 306 g/mol. The molecule has 1 amide bonds. The van der Waals surface area contributed by atoms with Crippen LogP contribution in [0.2, 0.25) is 0 Å². The Balaban J connectivity index is 1.64. The molecule has 0 aliphatic rings. The molecule has 0 unspecified atom stereocenters. The third kappa shape index (κ3) is 3.57. The van der Waals surface area contributed by atoms with E-state index in [-0.39, 0.29) is 12.5 Å². The van der Waals surface area contributed by atoms with E-state index in [1.54, 1.807) is 19.2 Å². The first-order valence-electron chi connectivity index (χ1n) is 7.43. The highest BCUT2D eigenvalue weighted by atomic mass is 16.5. The molecule has 2 N–H and O–H groups in total. The Hall–Kier alpha value is -3.22. The van der Waals surface area contributed by atoms with E-state index in [4.69, 9.17) is 4.74 Å². The Labute approximate surface area is 139 Å². The van der Waals surface area contributed by atoms with Crippen molar-refractivity contribution in [2.45, 2.75) is 13.5 Å². The maximum absolute atomic E-state index is 12.1. The predicted molar refractivity (Wildman–Crippen MR) is 88.5 cm³/mol. The molecule has 0 spiro atoms. The highest BCUT2D eigenvalue weighted by molar-refractivity contribution is 5.92. The third-order valence-electron chi connectivity index (χ3n) is 3.42. The van der Waals surface area contributed by atoms with Crippen molar-refractivity contribution in [3.05, 3.63) is 59.7 Å². The minimum atomic E-state index is -0.249. The second-order valence-corrected chi connectivity index (χ2v) is 5.18. The smallest absolute Gasteiger partial charge is 0.270 e. The highest BCUT2D eigenvalue weighted by Gasteiger charge is 2.10. The van der Waals surface area contributed by atoms with E-state index in [1.807, 2.05) is 37.3 Å². The van der Waals surface area contributed by atoms with Gasteiger partial charge in [0.15, 0.2) is 5.82 Å². The number of nitrogens with one attached hydrogen (secondary N) is 2. The monoisotopic (exact) mass is 323 g/mol. The zero-order valence-electron chi connectivity index (χ0n) is 13.4. The molecule has 0 radical (unpaired) electrons. The highest BCUT2D eigenvalue weighted by Crippen LogP contribution is 2.18. The maximum Gasteiger partial charge on any atom is 0.270 e. The minimum Gasteiger partial charge on any atom is -0.497 e. The summed E-state index contributed by atoms with van der Waals surface area (Å²) in [7, 11) is 1.62. The molecule has 1 aromatic carbocycles. The van der Waals surface area contributed by atoms with Crippen molar-refractivity contribution < 1.29 is 9.53 Å². The number of carbonyl (C=O) groups excluding carboxylic acids is 1. The number of ether oxygens (including phenoxy) is 1. The normalized spacial score (nSPS) is 10.4. The van der Waals surface area contributed by atoms with Crippen LogP contribution in [0.4, 0.5) is 0 Å². The van der Waals surface area contributed by atoms with Gasteiger partial charge in [0.05, 0.1) is 13.7 Å². The van der Waals surface area contributed by atoms with Crippen LogP contribution in [0.25, 0.3) is 11.4 Å². The number of hydrogen-bond acceptors (Lipinski definition) is 5. The molecule has 0 fully saturated rings. The van der Waals surface area contributed by atoms with Crippen LogP contribution < -0.4 is 10.1 Å². The lowest BCUT2D eigenvalue weighted by Gasteiger charge is -2.03. The van der Waals surface area contributed by atoms with Crippen LogP contribution >= 0.6 is 0 Å². The van der Waals surface area contributed by atoms with Gasteiger partial charge in [0.25, 0.3) is 5.91 Å². The number of carbonyl (C=O) groups is 1. The number of aromatic amines is 1. The van der Waals surface area contributed by atoms with E-state index in [2.05, 4.69) is 25.5 Å². The zero-order valence-corrected chi connectivity index (χ0v) is 13.4. The lowest BCUT2D eigenvalue weighted by Crippen LogP contribution is -2.24. The standard InChI is InChI=1S/C17H17N5O2/c1-11-4-3-5-14(19-11)17(23)18-10-15-20-16(22-21-15)12-6-8-13(24-2)9-7-12/h3-9H,10H2,1-2H3,(H,18,23)(H,20,21,22). The van der Waals surface area contributed by atoms with Crippen LogP contribution in [0.15, 0.2) is 42.5 Å². The van der Waals surface area contributed by atoms with Crippen LogP contribution in [0.3, 0.4) is 0 Å². The summed E-state index contributed by atoms with van der Waals surface area (Å²) in [6.07, 6.45) is 0. The molecular formula is C17H17N5O2. The summed E-state index contributed by atoms with van der Waals surface area (Å²) in [5.74, 6) is 1.66. The molecule has 3 rings (SSSR count). The SMILES string of the molecule is COc1ccc(-c2n[nH]c(CNC(=O)c3cccc(C)n3)n2)cc1. The number of amides is 1. The van der Waals surface area contributed by atoms with Crippen molar-refractivity contribution in [1.29, 1.82) is 0 Å². The third-order valence-corrected chi connectivity index (χ3v) is 3.42. The first kappa shape index (κ1) is 15.7. The summed E-state index contributed by atoms with van der Waals surface area (Å²) in [6, 6.07) is 12.8. The van der Waals surface area contributed by atoms with Crippen molar-refractivity contribution in [3.63, 3.8) is 0 Å². The predicted octanol–water partition coefficient (Wildman–Crippen LogP) is 2.11. The molecule has 7 nitrogen and oxygen atoms in total. The van der Waals surface area contributed by atoms with Gasteiger partial charge in [-0.05, 0) is 43.3 Å². The van der Waals surface area contributed by atoms with Gasteiger partial charge in [0.2, 0.25) is 0 Å². The Kier molecular flexibility index (Phi) is 4.51. The van der Waals surface area contributed by atoms with Crippen LogP contribution in [-0.4, -0.2) is 33.2 Å². The number of rotatable bonds is 5. The summed E-state index contributed by atoms with van der Waals surface area (Å²) in [4.78, 5) is 20.6. The van der Waals surface area contributed by atoms with Crippen LogP contribution in [0.1, 0.15) is 22.0 Å². The number of methoxy groups -OCH3 is 1. The van der Waals surface area contributed by atoms with Gasteiger partial charge in [-0.1, -0.05) is 6.07 Å². The van der Waals surface area contributed by atoms with Crippen LogP contribution in [0.5, 0.6) is 5.75 Å². The maximum atomic E-state index is 12.1. The number of benzene rings is 1. The molecule has 0 bridgehead atoms. The van der Waals surface area contributed by atoms with Gasteiger partial charge in [-0.25, -0.2) is 9.97 Å². The average Bonchev–Trinajstić information content (AvgIpc) is 3.09. The summed E-state index contributed by atoms with van der Waals surface area (Å²) < 4.78 is 5.12. The molecule has 122 valence electrons. The molecule has 0 atom stereocenters. The Morgan fingerprint density at radius 2 is 1.96 bits per heavy atom. The first-order valence-corrected chi connectivity index (χ1v) is 7.43. The topological polar surface area (TPSA) is 92.8 Å². The molecule has 24 heavy (non-hydrogen) atoms. The number of H-pyrrole nitrogens is 1. The fraction of sp³-hybridized carbons (Fsp3) is 0.176. The molecule has 2 aromatic heterocycles. The van der Waals surface area contributed by atoms with Gasteiger partial charge in [0, 0.05) is 11.3 Å². The second-order valence-electron chi connectivity index (χ2n) is 5.18. The summed E-state index contributed by atoms with van der Waals surface area (Å²) in [5, 5.41) is 9.76. The number of aryl methyl sites for hydroxylation is 1. The summed E-state index contributed by atoms with van der Waals surface area (Å²) in [5.41, 5.74) is 2.04. The Morgan fingerprint density at radius 1 is 1.17 bits per heavy atom. The lowest BCUT2D eigenvalue weighted by molar-refractivity contribution is 0.0944. The lowest BCUT2D eigenvalue weighted by atomic mass is 10.2. The number of aromatic nitrogens is 4. The number of nitrogens with zero attached hydrogens (tertiary/aromatic N) is 3. The van der Waals surface area contributed by atoms with E-state index in [1.165, 1.54) is 0 Å². The minimum absolute atomic E-state index is 0.248. The van der Waals surface area contributed by atoms with Gasteiger partial charge >= 0.3 is 0 Å². The largest absolute Gasteiger partial charge is 0.497 e. The molecule has 2 heterocycles. The molecule has 0 saturated carbocycles. The van der Waals surface area contributed by atoms with Gasteiger partial charge in [0.1, 0.15) is 17.3 Å². The fourth-order valence-electron chi connectivity index (χ4n) is 2.17. The van der Waals surface area contributed by atoms with Crippen molar-refractivity contribution in [3.8, 4) is 17.1 Å². The van der Waals surface area contributed by atoms with E-state index in [0.29, 0.717) is 17.3 Å². The van der Waals surface area contributed by atoms with E-state index < -0.39 is 0 Å². The van der Waals surface area contributed by atoms with Crippen LogP contribution in [0, 0.1) is 6.92 Å². The number of pyridine rings is 1. The second kappa shape index (κ2) is 6.91. The van der Waals surface area contributed by atoms with Crippen molar-refractivity contribution in [2.24, 2.45) is 0 Å². The average molecular weight is 323 g/mol. The van der Waals surface area contributed by atoms with Crippen molar-refractivity contribution >= 4 is 5.91 Å². The molecule has 3 aromatic rings. The molecule has 7 heteroatoms. The van der Waals surface area contributed by atoms with Gasteiger partial charge < -0.3 is 10.1 Å². The van der Waals surface area contributed by atoms with Gasteiger partial charge in [-0.15, -0.1) is 0 Å². The summed E-state index contributed by atoms with van der Waals surface area (Å²) >= 11 is 0.